The summed E-state index contributed by atoms with van der Waals surface area (Å²) in [6, 6.07) is 6.75. The van der Waals surface area contributed by atoms with Crippen LogP contribution in [-0.2, 0) is 6.18 Å². The van der Waals surface area contributed by atoms with Crippen LogP contribution in [0.1, 0.15) is 27.3 Å². The third-order valence-corrected chi connectivity index (χ3v) is 4.60. The van der Waals surface area contributed by atoms with E-state index in [0.29, 0.717) is 28.7 Å². The molecule has 0 aliphatic heterocycles. The third-order valence-electron chi connectivity index (χ3n) is 4.06. The highest BCUT2D eigenvalue weighted by Gasteiger charge is 2.31. The van der Waals surface area contributed by atoms with Gasteiger partial charge in [-0.05, 0) is 44.2 Å². The summed E-state index contributed by atoms with van der Waals surface area (Å²) in [5, 5.41) is 7.03. The predicted octanol–water partition coefficient (Wildman–Crippen LogP) is 4.10. The average Bonchev–Trinajstić information content (AvgIpc) is 2.90. The molecule has 146 valence electrons. The largest absolute Gasteiger partial charge is 0.417 e. The zero-order chi connectivity index (χ0) is 20.6. The first-order valence-electron chi connectivity index (χ1n) is 8.01. The van der Waals surface area contributed by atoms with Crippen LogP contribution in [0.3, 0.4) is 0 Å². The third kappa shape index (κ3) is 3.79. The first-order chi connectivity index (χ1) is 13.1. The topological polar surface area (TPSA) is 79.8 Å². The zero-order valence-electron chi connectivity index (χ0n) is 14.7. The molecular formula is C18H14ClF3N4O2. The number of halogens is 4. The molecule has 0 aliphatic rings. The van der Waals surface area contributed by atoms with Gasteiger partial charge in [0.25, 0.3) is 11.5 Å². The summed E-state index contributed by atoms with van der Waals surface area (Å²) in [5.74, 6) is -0.720. The molecule has 0 atom stereocenters. The van der Waals surface area contributed by atoms with Gasteiger partial charge in [-0.1, -0.05) is 11.6 Å². The number of benzene rings is 1. The first kappa shape index (κ1) is 19.7. The molecule has 2 N–H and O–H groups in total. The van der Waals surface area contributed by atoms with Gasteiger partial charge in [-0.15, -0.1) is 0 Å². The van der Waals surface area contributed by atoms with Crippen LogP contribution >= 0.6 is 11.6 Å². The molecule has 0 saturated heterocycles. The van der Waals surface area contributed by atoms with Gasteiger partial charge in [0, 0.05) is 11.8 Å². The summed E-state index contributed by atoms with van der Waals surface area (Å²) >= 11 is 6.12. The molecule has 0 bridgehead atoms. The molecule has 28 heavy (non-hydrogen) atoms. The Balaban J connectivity index is 1.84. The Morgan fingerprint density at radius 1 is 1.21 bits per heavy atom. The van der Waals surface area contributed by atoms with E-state index in [0.717, 1.165) is 5.69 Å². The first-order valence-corrected chi connectivity index (χ1v) is 8.39. The van der Waals surface area contributed by atoms with Crippen LogP contribution in [0, 0.1) is 13.8 Å². The molecule has 0 unspecified atom stereocenters. The molecule has 10 heteroatoms. The molecule has 2 aromatic heterocycles. The maximum Gasteiger partial charge on any atom is 0.417 e. The van der Waals surface area contributed by atoms with Gasteiger partial charge in [-0.25, -0.2) is 4.68 Å². The van der Waals surface area contributed by atoms with E-state index in [-0.39, 0.29) is 5.56 Å². The highest BCUT2D eigenvalue weighted by Crippen LogP contribution is 2.29. The molecule has 0 spiro atoms. The van der Waals surface area contributed by atoms with Crippen LogP contribution in [0.4, 0.5) is 18.9 Å². The summed E-state index contributed by atoms with van der Waals surface area (Å²) < 4.78 is 39.9. The van der Waals surface area contributed by atoms with Crippen molar-refractivity contribution in [3.05, 3.63) is 74.4 Å². The molecular weight excluding hydrogens is 397 g/mol. The van der Waals surface area contributed by atoms with E-state index < -0.39 is 28.9 Å². The second-order valence-electron chi connectivity index (χ2n) is 6.03. The van der Waals surface area contributed by atoms with Crippen molar-refractivity contribution >= 4 is 23.2 Å². The fraction of sp³-hybridized carbons (Fsp3) is 0.167. The minimum absolute atomic E-state index is 0.160. The molecule has 2 heterocycles. The summed E-state index contributed by atoms with van der Waals surface area (Å²) in [4.78, 5) is 26.0. The highest BCUT2D eigenvalue weighted by molar-refractivity contribution is 6.31. The average molecular weight is 411 g/mol. The second kappa shape index (κ2) is 7.16. The van der Waals surface area contributed by atoms with Crippen molar-refractivity contribution in [2.75, 3.05) is 5.32 Å². The van der Waals surface area contributed by atoms with Crippen LogP contribution < -0.4 is 10.9 Å². The Morgan fingerprint density at radius 2 is 1.86 bits per heavy atom. The minimum atomic E-state index is -4.65. The Morgan fingerprint density at radius 3 is 2.39 bits per heavy atom. The van der Waals surface area contributed by atoms with Crippen molar-refractivity contribution < 1.29 is 18.0 Å². The zero-order valence-corrected chi connectivity index (χ0v) is 15.4. The molecule has 0 fully saturated rings. The van der Waals surface area contributed by atoms with E-state index >= 15 is 0 Å². The van der Waals surface area contributed by atoms with Crippen molar-refractivity contribution in [2.45, 2.75) is 20.0 Å². The maximum absolute atomic E-state index is 12.8. The van der Waals surface area contributed by atoms with Gasteiger partial charge in [0.05, 0.1) is 27.7 Å². The number of nitrogens with one attached hydrogen (secondary N) is 2. The van der Waals surface area contributed by atoms with Crippen LogP contribution in [0.15, 0.2) is 41.3 Å². The van der Waals surface area contributed by atoms with E-state index in [1.165, 1.54) is 12.1 Å². The highest BCUT2D eigenvalue weighted by atomic mass is 35.5. The van der Waals surface area contributed by atoms with Crippen LogP contribution in [0.5, 0.6) is 0 Å². The molecule has 3 rings (SSSR count). The van der Waals surface area contributed by atoms with Crippen LogP contribution in [0.25, 0.3) is 5.69 Å². The van der Waals surface area contributed by atoms with Gasteiger partial charge in [-0.3, -0.25) is 9.59 Å². The molecule has 3 aromatic rings. The van der Waals surface area contributed by atoms with E-state index in [9.17, 15) is 22.8 Å². The Hall–Kier alpha value is -3.07. The van der Waals surface area contributed by atoms with Crippen LogP contribution in [-0.4, -0.2) is 20.7 Å². The molecule has 0 aliphatic carbocycles. The number of hydrogen-bond acceptors (Lipinski definition) is 3. The summed E-state index contributed by atoms with van der Waals surface area (Å²) in [6.45, 7) is 3.56. The normalized spacial score (nSPS) is 11.5. The maximum atomic E-state index is 12.8. The number of alkyl halides is 3. The smallest absolute Gasteiger partial charge is 0.327 e. The van der Waals surface area contributed by atoms with Crippen molar-refractivity contribution in [3.8, 4) is 5.69 Å². The molecule has 1 aromatic carbocycles. The summed E-state index contributed by atoms with van der Waals surface area (Å²) in [5.41, 5.74) is -0.200. The number of rotatable bonds is 3. The number of aryl methyl sites for hydroxylation is 1. The number of carbonyl (C=O) groups excluding carboxylic acids is 1. The number of aromatic nitrogens is 3. The lowest BCUT2D eigenvalue weighted by atomic mass is 10.2. The van der Waals surface area contributed by atoms with Gasteiger partial charge in [0.1, 0.15) is 5.69 Å². The van der Waals surface area contributed by atoms with Gasteiger partial charge in [0.15, 0.2) is 0 Å². The van der Waals surface area contributed by atoms with E-state index in [4.69, 9.17) is 11.6 Å². The van der Waals surface area contributed by atoms with Crippen molar-refractivity contribution in [3.63, 3.8) is 0 Å². The summed E-state index contributed by atoms with van der Waals surface area (Å²) in [7, 11) is 0. The van der Waals surface area contributed by atoms with E-state index in [2.05, 4.69) is 10.4 Å². The molecule has 0 radical (unpaired) electrons. The lowest BCUT2D eigenvalue weighted by Gasteiger charge is -2.10. The summed E-state index contributed by atoms with van der Waals surface area (Å²) in [6.07, 6.45) is -4.10. The van der Waals surface area contributed by atoms with Crippen molar-refractivity contribution in [2.24, 2.45) is 0 Å². The van der Waals surface area contributed by atoms with Gasteiger partial charge >= 0.3 is 6.18 Å². The van der Waals surface area contributed by atoms with Gasteiger partial charge < -0.3 is 10.3 Å². The molecule has 6 nitrogen and oxygen atoms in total. The van der Waals surface area contributed by atoms with Crippen LogP contribution in [0.2, 0.25) is 5.02 Å². The fourth-order valence-corrected chi connectivity index (χ4v) is 2.68. The minimum Gasteiger partial charge on any atom is -0.327 e. The number of carbonyl (C=O) groups is 1. The Kier molecular flexibility index (Phi) is 5.03. The van der Waals surface area contributed by atoms with Gasteiger partial charge in [0.2, 0.25) is 0 Å². The number of hydrogen-bond donors (Lipinski definition) is 2. The number of aromatic amines is 1. The second-order valence-corrected chi connectivity index (χ2v) is 6.40. The standard InChI is InChI=1S/C18H14ClF3N4O2/c1-9-15(19)10(2)26(25-9)13-5-3-11(4-6-13)16(27)24-14-7-12(18(20,21)22)8-23-17(14)28/h3-8H,1-2H3,(H,23,28)(H,24,27). The Bertz CT molecular complexity index is 1100. The monoisotopic (exact) mass is 410 g/mol. The predicted molar refractivity (Wildman–Crippen MR) is 98.1 cm³/mol. The lowest BCUT2D eigenvalue weighted by molar-refractivity contribution is -0.137. The number of H-pyrrole nitrogens is 1. The van der Waals surface area contributed by atoms with E-state index in [1.807, 2.05) is 4.98 Å². The molecule has 1 amide bonds. The van der Waals surface area contributed by atoms with Crippen molar-refractivity contribution in [1.29, 1.82) is 0 Å². The Labute approximate surface area is 162 Å². The van der Waals surface area contributed by atoms with E-state index in [1.54, 1.807) is 30.7 Å². The number of amides is 1. The number of pyridine rings is 1. The SMILES string of the molecule is Cc1nn(-c2ccc(C(=O)Nc3cc(C(F)(F)F)c[nH]c3=O)cc2)c(C)c1Cl. The van der Waals surface area contributed by atoms with Crippen molar-refractivity contribution in [1.82, 2.24) is 14.8 Å². The number of nitrogens with zero attached hydrogens (tertiary/aromatic N) is 2. The van der Waals surface area contributed by atoms with Gasteiger partial charge in [-0.2, -0.15) is 18.3 Å². The lowest BCUT2D eigenvalue weighted by Crippen LogP contribution is -2.21. The fourth-order valence-electron chi connectivity index (χ4n) is 2.56. The quantitative estimate of drug-likeness (QED) is 0.682. The number of anilines is 1. The molecule has 0 saturated carbocycles.